The maximum absolute atomic E-state index is 12.3. The van der Waals surface area contributed by atoms with Crippen LogP contribution in [0.15, 0.2) is 15.0 Å². The number of pyridine rings is 1. The van der Waals surface area contributed by atoms with Crippen LogP contribution in [0.5, 0.6) is 0 Å². The topological polar surface area (TPSA) is 56.0 Å². The van der Waals surface area contributed by atoms with E-state index in [1.807, 2.05) is 0 Å². The smallest absolute Gasteiger partial charge is 0.358 e. The molecule has 1 heterocycles. The van der Waals surface area contributed by atoms with E-state index in [-0.39, 0.29) is 8.95 Å². The Morgan fingerprint density at radius 1 is 1.43 bits per heavy atom. The monoisotopic (exact) mass is 330 g/mol. The summed E-state index contributed by atoms with van der Waals surface area (Å²) in [4.78, 5) is 12.8. The lowest BCUT2D eigenvalue weighted by atomic mass is 10.3. The molecule has 0 fully saturated rings. The molecule has 0 aliphatic rings. The molecule has 0 saturated carbocycles. The molecule has 0 radical (unpaired) electrons. The van der Waals surface area contributed by atoms with Gasteiger partial charge in [-0.05, 0) is 47.8 Å². The predicted octanol–water partition coefficient (Wildman–Crippen LogP) is 3.45. The molecule has 0 atom stereocenters. The molecule has 1 aromatic heterocycles. The highest BCUT2D eigenvalue weighted by atomic mass is 79.9. The summed E-state index contributed by atoms with van der Waals surface area (Å²) in [6.07, 6.45) is -2.85. The van der Waals surface area contributed by atoms with E-state index in [0.717, 1.165) is 0 Å². The highest BCUT2D eigenvalue weighted by molar-refractivity contribution is 9.11. The summed E-state index contributed by atoms with van der Waals surface area (Å²) in [5.41, 5.74) is -0.639. The number of hydrogen-bond donors (Lipinski definition) is 0. The van der Waals surface area contributed by atoms with E-state index < -0.39 is 22.9 Å². The second-order valence-electron chi connectivity index (χ2n) is 2.22. The van der Waals surface area contributed by atoms with Crippen LogP contribution in [-0.4, -0.2) is 9.91 Å². The largest absolute Gasteiger partial charge is 0.378 e. The van der Waals surface area contributed by atoms with E-state index in [0.29, 0.717) is 0 Å². The number of aromatic nitrogens is 1. The maximum Gasteiger partial charge on any atom is 0.378 e. The van der Waals surface area contributed by atoms with Crippen molar-refractivity contribution in [2.45, 2.75) is 6.43 Å². The van der Waals surface area contributed by atoms with Gasteiger partial charge in [-0.3, -0.25) is 0 Å². The van der Waals surface area contributed by atoms with Crippen molar-refractivity contribution in [3.8, 4) is 0 Å². The zero-order valence-electron chi connectivity index (χ0n) is 6.38. The third-order valence-electron chi connectivity index (χ3n) is 1.32. The molecule has 0 N–H and O–H groups in total. The van der Waals surface area contributed by atoms with Crippen molar-refractivity contribution in [1.82, 2.24) is 4.98 Å². The fourth-order valence-electron chi connectivity index (χ4n) is 0.752. The summed E-state index contributed by atoms with van der Waals surface area (Å²) in [5.74, 6) is -0.622. The summed E-state index contributed by atoms with van der Waals surface area (Å²) < 4.78 is 24.6. The summed E-state index contributed by atoms with van der Waals surface area (Å²) in [7, 11) is 0. The van der Waals surface area contributed by atoms with Gasteiger partial charge in [-0.1, -0.05) is 0 Å². The van der Waals surface area contributed by atoms with Crippen LogP contribution < -0.4 is 0 Å². The Bertz CT molecular complexity index is 386. The number of alkyl halides is 2. The summed E-state index contributed by atoms with van der Waals surface area (Å²) in [6.45, 7) is 0. The second-order valence-corrected chi connectivity index (χ2v) is 3.93. The minimum Gasteiger partial charge on any atom is -0.358 e. The van der Waals surface area contributed by atoms with Crippen LogP contribution >= 0.6 is 31.9 Å². The SMILES string of the molecule is O=[N+]([O-])c1nc(C(F)F)c(Br)cc1Br. The standard InChI is InChI=1S/C6H2Br2F2N2O2/c7-2-1-3(8)6(12(13)14)11-4(2)5(9)10/h1,5H. The number of rotatable bonds is 2. The molecule has 76 valence electrons. The molecule has 4 nitrogen and oxygen atoms in total. The Kier molecular flexibility index (Phi) is 3.48. The van der Waals surface area contributed by atoms with Crippen LogP contribution in [0.2, 0.25) is 0 Å². The van der Waals surface area contributed by atoms with Gasteiger partial charge in [0.05, 0.1) is 4.47 Å². The van der Waals surface area contributed by atoms with Gasteiger partial charge in [0, 0.05) is 0 Å². The van der Waals surface area contributed by atoms with Crippen molar-refractivity contribution in [3.05, 3.63) is 30.8 Å². The molecule has 0 spiro atoms. The first-order chi connectivity index (χ1) is 6.43. The molecule has 1 rings (SSSR count). The van der Waals surface area contributed by atoms with Crippen LogP contribution in [0.25, 0.3) is 0 Å². The minimum atomic E-state index is -2.85. The van der Waals surface area contributed by atoms with E-state index in [2.05, 4.69) is 36.8 Å². The van der Waals surface area contributed by atoms with E-state index in [4.69, 9.17) is 0 Å². The van der Waals surface area contributed by atoms with Gasteiger partial charge in [-0.2, -0.15) is 0 Å². The Labute approximate surface area is 93.7 Å². The van der Waals surface area contributed by atoms with Crippen molar-refractivity contribution in [1.29, 1.82) is 0 Å². The first-order valence-corrected chi connectivity index (χ1v) is 4.80. The molecule has 0 saturated heterocycles. The van der Waals surface area contributed by atoms with Crippen molar-refractivity contribution < 1.29 is 13.7 Å². The van der Waals surface area contributed by atoms with E-state index >= 15 is 0 Å². The van der Waals surface area contributed by atoms with Crippen molar-refractivity contribution in [2.75, 3.05) is 0 Å². The van der Waals surface area contributed by atoms with Gasteiger partial charge < -0.3 is 10.1 Å². The van der Waals surface area contributed by atoms with Gasteiger partial charge in [0.2, 0.25) is 5.69 Å². The molecule has 0 unspecified atom stereocenters. The van der Waals surface area contributed by atoms with Crippen LogP contribution in [-0.2, 0) is 0 Å². The molecule has 14 heavy (non-hydrogen) atoms. The van der Waals surface area contributed by atoms with Gasteiger partial charge in [-0.25, -0.2) is 8.78 Å². The lowest BCUT2D eigenvalue weighted by Crippen LogP contribution is -1.99. The van der Waals surface area contributed by atoms with Gasteiger partial charge in [-0.15, -0.1) is 0 Å². The van der Waals surface area contributed by atoms with Gasteiger partial charge in [0.25, 0.3) is 0 Å². The lowest BCUT2D eigenvalue weighted by molar-refractivity contribution is -0.390. The molecular weight excluding hydrogens is 330 g/mol. The first-order valence-electron chi connectivity index (χ1n) is 3.22. The molecule has 8 heteroatoms. The van der Waals surface area contributed by atoms with E-state index in [1.165, 1.54) is 6.07 Å². The van der Waals surface area contributed by atoms with Crippen molar-refractivity contribution >= 4 is 37.7 Å². The Morgan fingerprint density at radius 2 is 2.00 bits per heavy atom. The van der Waals surface area contributed by atoms with Crippen LogP contribution in [0.3, 0.4) is 0 Å². The van der Waals surface area contributed by atoms with Crippen LogP contribution in [0.4, 0.5) is 14.6 Å². The maximum atomic E-state index is 12.3. The predicted molar refractivity (Wildman–Crippen MR) is 51.2 cm³/mol. The van der Waals surface area contributed by atoms with E-state index in [1.54, 1.807) is 0 Å². The third kappa shape index (κ3) is 2.24. The van der Waals surface area contributed by atoms with Crippen molar-refractivity contribution in [3.63, 3.8) is 0 Å². The number of nitrogens with zero attached hydrogens (tertiary/aromatic N) is 2. The molecule has 0 amide bonds. The van der Waals surface area contributed by atoms with Gasteiger partial charge in [0.1, 0.15) is 4.47 Å². The third-order valence-corrected chi connectivity index (χ3v) is 2.54. The van der Waals surface area contributed by atoms with Gasteiger partial charge >= 0.3 is 12.2 Å². The zero-order valence-corrected chi connectivity index (χ0v) is 9.55. The first kappa shape index (κ1) is 11.4. The minimum absolute atomic E-state index is 0.0324. The lowest BCUT2D eigenvalue weighted by Gasteiger charge is -2.00. The normalized spacial score (nSPS) is 10.6. The summed E-state index contributed by atoms with van der Waals surface area (Å²) in [5, 5.41) is 10.4. The fourth-order valence-corrected chi connectivity index (χ4v) is 2.01. The number of hydrogen-bond acceptors (Lipinski definition) is 3. The Hall–Kier alpha value is -0.630. The van der Waals surface area contributed by atoms with Gasteiger partial charge in [0.15, 0.2) is 0 Å². The fraction of sp³-hybridized carbons (Fsp3) is 0.167. The summed E-state index contributed by atoms with van der Waals surface area (Å²) in [6, 6.07) is 1.17. The molecule has 0 aliphatic carbocycles. The molecule has 0 aliphatic heterocycles. The quantitative estimate of drug-likeness (QED) is 0.616. The Morgan fingerprint density at radius 3 is 2.43 bits per heavy atom. The van der Waals surface area contributed by atoms with Crippen LogP contribution in [0.1, 0.15) is 12.1 Å². The zero-order chi connectivity index (χ0) is 10.9. The Balaban J connectivity index is 3.34. The average Bonchev–Trinajstić information content (AvgIpc) is 2.02. The highest BCUT2D eigenvalue weighted by Gasteiger charge is 2.25. The molecular formula is C6H2Br2F2N2O2. The van der Waals surface area contributed by atoms with Crippen LogP contribution in [0, 0.1) is 10.1 Å². The number of nitro groups is 1. The molecule has 0 aromatic carbocycles. The summed E-state index contributed by atoms with van der Waals surface area (Å²) >= 11 is 5.69. The average molecular weight is 332 g/mol. The second kappa shape index (κ2) is 4.26. The van der Waals surface area contributed by atoms with E-state index in [9.17, 15) is 18.9 Å². The molecule has 0 bridgehead atoms. The molecule has 1 aromatic rings. The highest BCUT2D eigenvalue weighted by Crippen LogP contribution is 2.32. The number of halogens is 4. The van der Waals surface area contributed by atoms with Crippen molar-refractivity contribution in [2.24, 2.45) is 0 Å².